The van der Waals surface area contributed by atoms with Crippen LogP contribution in [0.1, 0.15) is 25.0 Å². The van der Waals surface area contributed by atoms with Gasteiger partial charge < -0.3 is 0 Å². The molecule has 0 amide bonds. The van der Waals surface area contributed by atoms with Crippen LogP contribution in [0.15, 0.2) is 127 Å². The normalized spacial score (nSPS) is 13.7. The summed E-state index contributed by atoms with van der Waals surface area (Å²) in [6.07, 6.45) is 0. The zero-order chi connectivity index (χ0) is 28.0. The van der Waals surface area contributed by atoms with Gasteiger partial charge in [-0.05, 0) is 51.2 Å². The van der Waals surface area contributed by atoms with Gasteiger partial charge in [-0.1, -0.05) is 123 Å². The van der Waals surface area contributed by atoms with E-state index in [1.165, 1.54) is 49.4 Å². The van der Waals surface area contributed by atoms with Gasteiger partial charge in [0.1, 0.15) is 0 Å². The first-order chi connectivity index (χ1) is 20.6. The lowest BCUT2D eigenvalue weighted by Gasteiger charge is -2.24. The molecule has 0 unspecified atom stereocenters. The summed E-state index contributed by atoms with van der Waals surface area (Å²) in [5.74, 6) is 0.691. The molecule has 3 heteroatoms. The van der Waals surface area contributed by atoms with E-state index in [-0.39, 0.29) is 5.41 Å². The van der Waals surface area contributed by atoms with Crippen LogP contribution in [-0.4, -0.2) is 14.5 Å². The highest BCUT2D eigenvalue weighted by Crippen LogP contribution is 2.52. The fourth-order valence-electron chi connectivity index (χ4n) is 7.37. The van der Waals surface area contributed by atoms with Gasteiger partial charge >= 0.3 is 0 Å². The van der Waals surface area contributed by atoms with Gasteiger partial charge in [-0.15, -0.1) is 0 Å². The molecule has 0 radical (unpaired) electrons. The molecule has 0 bridgehead atoms. The van der Waals surface area contributed by atoms with Crippen molar-refractivity contribution in [1.82, 2.24) is 14.5 Å². The molecule has 0 spiro atoms. The number of hydrogen-bond acceptors (Lipinski definition) is 2. The van der Waals surface area contributed by atoms with Crippen molar-refractivity contribution in [2.45, 2.75) is 19.3 Å². The van der Waals surface area contributed by atoms with Crippen molar-refractivity contribution >= 4 is 43.5 Å². The van der Waals surface area contributed by atoms with Gasteiger partial charge in [0.05, 0.1) is 22.2 Å². The Morgan fingerprint density at radius 3 is 2.12 bits per heavy atom. The molecule has 2 heterocycles. The Bertz CT molecular complexity index is 2390. The molecule has 0 saturated carbocycles. The first kappa shape index (κ1) is 23.4. The minimum absolute atomic E-state index is 0.152. The molecule has 42 heavy (non-hydrogen) atoms. The summed E-state index contributed by atoms with van der Waals surface area (Å²) < 4.78 is 2.25. The molecule has 0 aliphatic heterocycles. The Hall–Kier alpha value is -5.28. The first-order valence-electron chi connectivity index (χ1n) is 14.5. The van der Waals surface area contributed by atoms with E-state index >= 15 is 0 Å². The standard InChI is InChI=1S/C39H27N3/c1-39(2)31-19-8-5-14-26(31)27-17-11-18-30(36(27)39)37-28-15-6-9-20-32(28)40-38(41-37)42-33-21-10-7-16-29(33)35-25-13-4-3-12-24(25)22-23-34(35)42/h3-23H,1-2H3. The van der Waals surface area contributed by atoms with Crippen LogP contribution in [0.2, 0.25) is 0 Å². The zero-order valence-corrected chi connectivity index (χ0v) is 23.5. The maximum Gasteiger partial charge on any atom is 0.235 e. The molecule has 3 nitrogen and oxygen atoms in total. The van der Waals surface area contributed by atoms with Gasteiger partial charge in [0.15, 0.2) is 0 Å². The fourth-order valence-corrected chi connectivity index (χ4v) is 7.37. The lowest BCUT2D eigenvalue weighted by atomic mass is 9.79. The summed E-state index contributed by atoms with van der Waals surface area (Å²) in [4.78, 5) is 10.7. The average Bonchev–Trinajstić information content (AvgIpc) is 3.50. The lowest BCUT2D eigenvalue weighted by molar-refractivity contribution is 0.662. The van der Waals surface area contributed by atoms with Crippen LogP contribution < -0.4 is 0 Å². The predicted octanol–water partition coefficient (Wildman–Crippen LogP) is 9.85. The van der Waals surface area contributed by atoms with Gasteiger partial charge in [-0.2, -0.15) is 0 Å². The van der Waals surface area contributed by atoms with Crippen molar-refractivity contribution in [1.29, 1.82) is 0 Å². The Balaban J connectivity index is 1.39. The second-order valence-corrected chi connectivity index (χ2v) is 11.8. The van der Waals surface area contributed by atoms with Crippen molar-refractivity contribution in [3.63, 3.8) is 0 Å². The van der Waals surface area contributed by atoms with Gasteiger partial charge in [0.2, 0.25) is 5.95 Å². The van der Waals surface area contributed by atoms with Crippen molar-refractivity contribution in [2.24, 2.45) is 0 Å². The molecule has 1 aliphatic rings. The highest BCUT2D eigenvalue weighted by molar-refractivity contribution is 6.21. The zero-order valence-electron chi connectivity index (χ0n) is 23.5. The summed E-state index contributed by atoms with van der Waals surface area (Å²) in [6, 6.07) is 45.6. The number of benzene rings is 6. The van der Waals surface area contributed by atoms with Gasteiger partial charge in [-0.25, -0.2) is 9.97 Å². The van der Waals surface area contributed by atoms with E-state index < -0.39 is 0 Å². The topological polar surface area (TPSA) is 30.7 Å². The molecule has 0 atom stereocenters. The maximum absolute atomic E-state index is 5.45. The van der Waals surface area contributed by atoms with Gasteiger partial charge in [-0.3, -0.25) is 4.57 Å². The Morgan fingerprint density at radius 1 is 0.524 bits per heavy atom. The Kier molecular flexibility index (Phi) is 4.67. The quantitative estimate of drug-likeness (QED) is 0.220. The fraction of sp³-hybridized carbons (Fsp3) is 0.0769. The van der Waals surface area contributed by atoms with Crippen LogP contribution in [0.4, 0.5) is 0 Å². The number of fused-ring (bicyclic) bond motifs is 9. The van der Waals surface area contributed by atoms with Gasteiger partial charge in [0, 0.05) is 27.1 Å². The summed E-state index contributed by atoms with van der Waals surface area (Å²) in [7, 11) is 0. The van der Waals surface area contributed by atoms with E-state index in [1.807, 2.05) is 0 Å². The third-order valence-electron chi connectivity index (χ3n) is 9.19. The van der Waals surface area contributed by atoms with E-state index in [4.69, 9.17) is 9.97 Å². The number of hydrogen-bond donors (Lipinski definition) is 0. The molecule has 2 aromatic heterocycles. The summed E-state index contributed by atoms with van der Waals surface area (Å²) in [6.45, 7) is 4.67. The van der Waals surface area contributed by atoms with E-state index in [1.54, 1.807) is 0 Å². The largest absolute Gasteiger partial charge is 0.278 e. The van der Waals surface area contributed by atoms with Crippen molar-refractivity contribution in [3.8, 4) is 28.3 Å². The van der Waals surface area contributed by atoms with Crippen LogP contribution >= 0.6 is 0 Å². The second-order valence-electron chi connectivity index (χ2n) is 11.8. The summed E-state index contributed by atoms with van der Waals surface area (Å²) in [5.41, 5.74) is 10.4. The van der Waals surface area contributed by atoms with E-state index in [0.29, 0.717) is 5.95 Å². The summed E-state index contributed by atoms with van der Waals surface area (Å²) >= 11 is 0. The Morgan fingerprint density at radius 2 is 1.21 bits per heavy atom. The molecule has 9 rings (SSSR count). The molecule has 6 aromatic carbocycles. The smallest absolute Gasteiger partial charge is 0.235 e. The monoisotopic (exact) mass is 537 g/mol. The van der Waals surface area contributed by atoms with E-state index in [9.17, 15) is 0 Å². The van der Waals surface area contributed by atoms with Crippen LogP contribution in [0, 0.1) is 0 Å². The number of nitrogens with zero attached hydrogens (tertiary/aromatic N) is 3. The third kappa shape index (κ3) is 3.05. The summed E-state index contributed by atoms with van der Waals surface area (Å²) in [5, 5.41) is 5.98. The molecule has 198 valence electrons. The van der Waals surface area contributed by atoms with Crippen molar-refractivity contribution in [3.05, 3.63) is 139 Å². The van der Waals surface area contributed by atoms with Crippen molar-refractivity contribution in [2.75, 3.05) is 0 Å². The number of para-hydroxylation sites is 2. The van der Waals surface area contributed by atoms with Crippen LogP contribution in [0.3, 0.4) is 0 Å². The number of rotatable bonds is 2. The van der Waals surface area contributed by atoms with E-state index in [2.05, 4.69) is 146 Å². The maximum atomic E-state index is 5.45. The SMILES string of the molecule is CC1(C)c2ccccc2-c2cccc(-c3nc(-n4c5ccccc5c5c6ccccc6ccc54)nc4ccccc34)c21. The highest BCUT2D eigenvalue weighted by atomic mass is 15.2. The molecule has 8 aromatic rings. The predicted molar refractivity (Wildman–Crippen MR) is 174 cm³/mol. The molecule has 0 saturated heterocycles. The number of aromatic nitrogens is 3. The first-order valence-corrected chi connectivity index (χ1v) is 14.5. The lowest BCUT2D eigenvalue weighted by Crippen LogP contribution is -2.16. The second kappa shape index (κ2) is 8.37. The molecule has 0 fully saturated rings. The minimum atomic E-state index is -0.152. The third-order valence-corrected chi connectivity index (χ3v) is 9.19. The Labute approximate surface area is 243 Å². The molecular weight excluding hydrogens is 510 g/mol. The van der Waals surface area contributed by atoms with E-state index in [0.717, 1.165) is 27.6 Å². The van der Waals surface area contributed by atoms with Crippen molar-refractivity contribution < 1.29 is 0 Å². The van der Waals surface area contributed by atoms with Crippen LogP contribution in [-0.2, 0) is 5.41 Å². The highest BCUT2D eigenvalue weighted by Gasteiger charge is 2.38. The molecule has 1 aliphatic carbocycles. The van der Waals surface area contributed by atoms with Crippen LogP contribution in [0.25, 0.3) is 71.8 Å². The average molecular weight is 538 g/mol. The van der Waals surface area contributed by atoms with Crippen LogP contribution in [0.5, 0.6) is 0 Å². The molecule has 0 N–H and O–H groups in total. The minimum Gasteiger partial charge on any atom is -0.278 e. The van der Waals surface area contributed by atoms with Gasteiger partial charge in [0.25, 0.3) is 0 Å². The molecular formula is C39H27N3.